The summed E-state index contributed by atoms with van der Waals surface area (Å²) in [5.41, 5.74) is 1.55. The lowest BCUT2D eigenvalue weighted by atomic mass is 10.1. The number of amides is 2. The van der Waals surface area contributed by atoms with Crippen molar-refractivity contribution < 1.29 is 14.7 Å². The average molecular weight is 292 g/mol. The zero-order valence-electron chi connectivity index (χ0n) is 11.9. The Morgan fingerprint density at radius 2 is 2.00 bits per heavy atom. The number of carboxylic acid groups (broad SMARTS) is 1. The van der Waals surface area contributed by atoms with Crippen molar-refractivity contribution in [3.8, 4) is 0 Å². The molecule has 0 bridgehead atoms. The zero-order valence-corrected chi connectivity index (χ0v) is 11.9. The Labute approximate surface area is 120 Å². The highest BCUT2D eigenvalue weighted by molar-refractivity contribution is 5.92. The highest BCUT2D eigenvalue weighted by Gasteiger charge is 2.23. The molecule has 0 aliphatic rings. The maximum Gasteiger partial charge on any atom is 0.331 e. The van der Waals surface area contributed by atoms with Gasteiger partial charge in [0.15, 0.2) is 6.04 Å². The zero-order chi connectivity index (χ0) is 15.6. The largest absolute Gasteiger partial charge is 0.479 e. The van der Waals surface area contributed by atoms with E-state index in [1.54, 1.807) is 31.9 Å². The Morgan fingerprint density at radius 1 is 1.29 bits per heavy atom. The van der Waals surface area contributed by atoms with Gasteiger partial charge in [-0.05, 0) is 6.92 Å². The summed E-state index contributed by atoms with van der Waals surface area (Å²) in [4.78, 5) is 23.2. The van der Waals surface area contributed by atoms with Crippen LogP contribution >= 0.6 is 0 Å². The van der Waals surface area contributed by atoms with E-state index in [1.807, 2.05) is 0 Å². The molecule has 2 rings (SSSR count). The Balaban J connectivity index is 2.09. The lowest BCUT2D eigenvalue weighted by molar-refractivity contribution is -0.139. The minimum Gasteiger partial charge on any atom is -0.479 e. The molecule has 0 fully saturated rings. The van der Waals surface area contributed by atoms with Crippen molar-refractivity contribution in [2.24, 2.45) is 14.1 Å². The molecule has 0 spiro atoms. The van der Waals surface area contributed by atoms with Crippen molar-refractivity contribution >= 4 is 17.7 Å². The number of aryl methyl sites for hydroxylation is 3. The third-order valence-corrected chi connectivity index (χ3v) is 2.84. The second kappa shape index (κ2) is 5.65. The summed E-state index contributed by atoms with van der Waals surface area (Å²) < 4.78 is 3.02. The second-order valence-corrected chi connectivity index (χ2v) is 4.62. The number of carboxylic acids is 1. The molecule has 0 aromatic carbocycles. The first-order valence-corrected chi connectivity index (χ1v) is 6.16. The molecular weight excluding hydrogens is 276 g/mol. The van der Waals surface area contributed by atoms with Crippen molar-refractivity contribution in [3.63, 3.8) is 0 Å². The molecule has 9 heteroatoms. The highest BCUT2D eigenvalue weighted by atomic mass is 16.4. The van der Waals surface area contributed by atoms with Crippen LogP contribution in [0.1, 0.15) is 17.3 Å². The van der Waals surface area contributed by atoms with Gasteiger partial charge in [-0.25, -0.2) is 9.59 Å². The van der Waals surface area contributed by atoms with Gasteiger partial charge >= 0.3 is 12.0 Å². The van der Waals surface area contributed by atoms with Crippen LogP contribution in [0.5, 0.6) is 0 Å². The van der Waals surface area contributed by atoms with E-state index >= 15 is 0 Å². The molecule has 2 heterocycles. The molecule has 0 saturated carbocycles. The topological polar surface area (TPSA) is 114 Å². The fourth-order valence-corrected chi connectivity index (χ4v) is 1.89. The predicted molar refractivity (Wildman–Crippen MR) is 73.7 cm³/mol. The van der Waals surface area contributed by atoms with Crippen LogP contribution in [-0.4, -0.2) is 36.7 Å². The van der Waals surface area contributed by atoms with Gasteiger partial charge in [0.05, 0.1) is 17.6 Å². The molecule has 9 nitrogen and oxygen atoms in total. The first kappa shape index (κ1) is 14.6. The van der Waals surface area contributed by atoms with E-state index in [0.29, 0.717) is 16.9 Å². The first-order valence-electron chi connectivity index (χ1n) is 6.16. The van der Waals surface area contributed by atoms with Crippen LogP contribution in [0.3, 0.4) is 0 Å². The highest BCUT2D eigenvalue weighted by Crippen LogP contribution is 2.14. The van der Waals surface area contributed by atoms with E-state index in [-0.39, 0.29) is 0 Å². The summed E-state index contributed by atoms with van der Waals surface area (Å²) in [6, 6.07) is -1.79. The van der Waals surface area contributed by atoms with Crippen LogP contribution in [0.4, 0.5) is 10.5 Å². The van der Waals surface area contributed by atoms with Crippen LogP contribution < -0.4 is 10.6 Å². The van der Waals surface area contributed by atoms with Gasteiger partial charge in [0.2, 0.25) is 0 Å². The number of nitrogens with one attached hydrogen (secondary N) is 2. The first-order chi connectivity index (χ1) is 9.86. The fourth-order valence-electron chi connectivity index (χ4n) is 1.89. The number of carbonyl (C=O) groups excluding carboxylic acids is 1. The fraction of sp³-hybridized carbons (Fsp3) is 0.333. The van der Waals surface area contributed by atoms with Gasteiger partial charge in [0.25, 0.3) is 0 Å². The van der Waals surface area contributed by atoms with Gasteiger partial charge in [0.1, 0.15) is 0 Å². The summed E-state index contributed by atoms with van der Waals surface area (Å²) in [6.07, 6.45) is 4.57. The van der Waals surface area contributed by atoms with Crippen molar-refractivity contribution in [3.05, 3.63) is 29.8 Å². The molecule has 112 valence electrons. The summed E-state index contributed by atoms with van der Waals surface area (Å²) in [7, 11) is 3.40. The molecule has 3 N–H and O–H groups in total. The van der Waals surface area contributed by atoms with Gasteiger partial charge in [-0.2, -0.15) is 10.2 Å². The Morgan fingerprint density at radius 3 is 2.48 bits per heavy atom. The molecule has 2 aromatic heterocycles. The second-order valence-electron chi connectivity index (χ2n) is 4.62. The van der Waals surface area contributed by atoms with E-state index in [2.05, 4.69) is 20.8 Å². The molecule has 2 aromatic rings. The Hall–Kier alpha value is -2.84. The number of nitrogens with zero attached hydrogens (tertiary/aromatic N) is 4. The van der Waals surface area contributed by atoms with Crippen molar-refractivity contribution in [2.45, 2.75) is 13.0 Å². The maximum absolute atomic E-state index is 11.9. The lowest BCUT2D eigenvalue weighted by Crippen LogP contribution is -2.36. The summed E-state index contributed by atoms with van der Waals surface area (Å²) in [5.74, 6) is -1.17. The number of anilines is 1. The Bertz CT molecular complexity index is 674. The number of aromatic nitrogens is 4. The maximum atomic E-state index is 11.9. The van der Waals surface area contributed by atoms with E-state index < -0.39 is 18.0 Å². The summed E-state index contributed by atoms with van der Waals surface area (Å²) in [6.45, 7) is 1.74. The third-order valence-electron chi connectivity index (χ3n) is 2.84. The van der Waals surface area contributed by atoms with Crippen LogP contribution in [-0.2, 0) is 18.9 Å². The SMILES string of the molecule is Cc1nn(C)cc1NC(=O)NC(C(=O)O)c1cnn(C)c1. The number of urea groups is 1. The monoisotopic (exact) mass is 292 g/mol. The normalized spacial score (nSPS) is 12.0. The minimum absolute atomic E-state index is 0.392. The van der Waals surface area contributed by atoms with Crippen LogP contribution in [0.2, 0.25) is 0 Å². The van der Waals surface area contributed by atoms with E-state index in [4.69, 9.17) is 0 Å². The summed E-state index contributed by atoms with van der Waals surface area (Å²) in [5, 5.41) is 22.2. The van der Waals surface area contributed by atoms with Crippen molar-refractivity contribution in [1.29, 1.82) is 0 Å². The average Bonchev–Trinajstić information content (AvgIpc) is 2.93. The molecule has 21 heavy (non-hydrogen) atoms. The Kier molecular flexibility index (Phi) is 3.92. The van der Waals surface area contributed by atoms with Gasteiger partial charge < -0.3 is 15.7 Å². The number of aliphatic carboxylic acids is 1. The smallest absolute Gasteiger partial charge is 0.331 e. The molecule has 0 radical (unpaired) electrons. The molecule has 1 unspecified atom stereocenters. The van der Waals surface area contributed by atoms with Crippen LogP contribution in [0.15, 0.2) is 18.6 Å². The number of hydrogen-bond donors (Lipinski definition) is 3. The van der Waals surface area contributed by atoms with E-state index in [1.165, 1.54) is 17.1 Å². The van der Waals surface area contributed by atoms with Crippen LogP contribution in [0, 0.1) is 6.92 Å². The molecule has 0 aliphatic carbocycles. The number of hydrogen-bond acceptors (Lipinski definition) is 4. The lowest BCUT2D eigenvalue weighted by Gasteiger charge is -2.13. The van der Waals surface area contributed by atoms with Crippen molar-refractivity contribution in [2.75, 3.05) is 5.32 Å². The minimum atomic E-state index is -1.17. The standard InChI is InChI=1S/C12H16N6O3/c1-7-9(6-18(3)16-7)14-12(21)15-10(11(19)20)8-4-13-17(2)5-8/h4-6,10H,1-3H3,(H,19,20)(H2,14,15,21). The number of carbonyl (C=O) groups is 2. The van der Waals surface area contributed by atoms with Gasteiger partial charge in [-0.1, -0.05) is 0 Å². The molecule has 1 atom stereocenters. The number of rotatable bonds is 4. The van der Waals surface area contributed by atoms with Gasteiger partial charge in [-0.3, -0.25) is 9.36 Å². The third kappa shape index (κ3) is 3.38. The summed E-state index contributed by atoms with van der Waals surface area (Å²) >= 11 is 0. The predicted octanol–water partition coefficient (Wildman–Crippen LogP) is 0.409. The van der Waals surface area contributed by atoms with E-state index in [9.17, 15) is 14.7 Å². The van der Waals surface area contributed by atoms with E-state index in [0.717, 1.165) is 0 Å². The quantitative estimate of drug-likeness (QED) is 0.755. The molecular formula is C12H16N6O3. The van der Waals surface area contributed by atoms with Crippen molar-refractivity contribution in [1.82, 2.24) is 24.9 Å². The molecule has 0 aliphatic heterocycles. The molecule has 0 saturated heterocycles. The molecule has 2 amide bonds. The van der Waals surface area contributed by atoms with Crippen LogP contribution in [0.25, 0.3) is 0 Å². The van der Waals surface area contributed by atoms with Gasteiger partial charge in [-0.15, -0.1) is 0 Å². The van der Waals surface area contributed by atoms with Gasteiger partial charge in [0, 0.05) is 32.1 Å².